The van der Waals surface area contributed by atoms with Crippen LogP contribution in [0.15, 0.2) is 52.9 Å². The van der Waals surface area contributed by atoms with E-state index in [-0.39, 0.29) is 6.04 Å². The van der Waals surface area contributed by atoms with Crippen LogP contribution in [0.4, 0.5) is 0 Å². The van der Waals surface area contributed by atoms with Gasteiger partial charge in [0.15, 0.2) is 0 Å². The summed E-state index contributed by atoms with van der Waals surface area (Å²) in [6.45, 7) is 1.96. The second-order valence-corrected chi connectivity index (χ2v) is 5.14. The van der Waals surface area contributed by atoms with Crippen LogP contribution < -0.4 is 10.1 Å². The number of hydrogen-bond acceptors (Lipinski definition) is 3. The quantitative estimate of drug-likeness (QED) is 0.783. The molecule has 0 saturated carbocycles. The lowest BCUT2D eigenvalue weighted by Crippen LogP contribution is -2.16. The average Bonchev–Trinajstić information content (AvgIpc) is 2.93. The Kier molecular flexibility index (Phi) is 3.67. The lowest BCUT2D eigenvalue weighted by Gasteiger charge is -2.15. The molecule has 0 bridgehead atoms. The number of aryl methyl sites for hydroxylation is 1. The lowest BCUT2D eigenvalue weighted by atomic mass is 10.0. The molecule has 0 radical (unpaired) electrons. The standard InChI is InChI=1S/C18H19NO2/c1-12-4-9-17(21-12)18(19-2)15-6-5-14-11-16(20-3)8-7-13(14)10-15/h4-11,18-19H,1-3H3. The molecular formula is C18H19NO2. The van der Waals surface area contributed by atoms with Crippen LogP contribution in [0.1, 0.15) is 23.1 Å². The number of furan rings is 1. The van der Waals surface area contributed by atoms with E-state index in [1.165, 1.54) is 16.3 Å². The van der Waals surface area contributed by atoms with Crippen molar-refractivity contribution in [3.63, 3.8) is 0 Å². The van der Waals surface area contributed by atoms with Gasteiger partial charge in [-0.15, -0.1) is 0 Å². The van der Waals surface area contributed by atoms with Crippen LogP contribution in [0.3, 0.4) is 0 Å². The van der Waals surface area contributed by atoms with Gasteiger partial charge in [0.25, 0.3) is 0 Å². The summed E-state index contributed by atoms with van der Waals surface area (Å²) in [5.41, 5.74) is 1.18. The fraction of sp³-hybridized carbons (Fsp3) is 0.222. The fourth-order valence-corrected chi connectivity index (χ4v) is 2.63. The molecule has 1 unspecified atom stereocenters. The zero-order valence-corrected chi connectivity index (χ0v) is 12.5. The first-order valence-corrected chi connectivity index (χ1v) is 7.02. The Hall–Kier alpha value is -2.26. The zero-order chi connectivity index (χ0) is 14.8. The molecule has 108 valence electrons. The molecule has 21 heavy (non-hydrogen) atoms. The van der Waals surface area contributed by atoms with Crippen LogP contribution in [0.25, 0.3) is 10.8 Å². The van der Waals surface area contributed by atoms with E-state index in [0.717, 1.165) is 17.3 Å². The summed E-state index contributed by atoms with van der Waals surface area (Å²) in [7, 11) is 3.63. The average molecular weight is 281 g/mol. The predicted molar refractivity (Wildman–Crippen MR) is 84.8 cm³/mol. The highest BCUT2D eigenvalue weighted by atomic mass is 16.5. The summed E-state index contributed by atoms with van der Waals surface area (Å²) in [6, 6.07) is 16.6. The third-order valence-electron chi connectivity index (χ3n) is 3.74. The van der Waals surface area contributed by atoms with Crippen molar-refractivity contribution in [3.8, 4) is 5.75 Å². The van der Waals surface area contributed by atoms with Gasteiger partial charge in [0, 0.05) is 0 Å². The number of fused-ring (bicyclic) bond motifs is 1. The molecule has 1 atom stereocenters. The molecule has 0 aliphatic rings. The Balaban J connectivity index is 2.03. The van der Waals surface area contributed by atoms with Crippen LogP contribution in [0, 0.1) is 6.92 Å². The summed E-state index contributed by atoms with van der Waals surface area (Å²) in [4.78, 5) is 0. The molecule has 2 aromatic carbocycles. The normalized spacial score (nSPS) is 12.5. The summed E-state index contributed by atoms with van der Waals surface area (Å²) in [5.74, 6) is 2.74. The number of nitrogens with one attached hydrogen (secondary N) is 1. The molecule has 3 rings (SSSR count). The van der Waals surface area contributed by atoms with Gasteiger partial charge in [0.2, 0.25) is 0 Å². The van der Waals surface area contributed by atoms with Crippen LogP contribution >= 0.6 is 0 Å². The zero-order valence-electron chi connectivity index (χ0n) is 12.5. The van der Waals surface area contributed by atoms with Gasteiger partial charge < -0.3 is 14.5 Å². The maximum absolute atomic E-state index is 5.76. The summed E-state index contributed by atoms with van der Waals surface area (Å²) in [5, 5.41) is 5.68. The molecule has 3 nitrogen and oxygen atoms in total. The molecule has 1 N–H and O–H groups in total. The number of hydrogen-bond donors (Lipinski definition) is 1. The highest BCUT2D eigenvalue weighted by Crippen LogP contribution is 2.28. The van der Waals surface area contributed by atoms with Crippen LogP contribution in [0.2, 0.25) is 0 Å². The molecule has 0 fully saturated rings. The summed E-state index contributed by atoms with van der Waals surface area (Å²) < 4.78 is 11.0. The predicted octanol–water partition coefficient (Wildman–Crippen LogP) is 4.06. The van der Waals surface area contributed by atoms with E-state index in [0.29, 0.717) is 0 Å². The first kappa shape index (κ1) is 13.7. The second kappa shape index (κ2) is 5.62. The SMILES string of the molecule is CNC(c1ccc2cc(OC)ccc2c1)c1ccc(C)o1. The van der Waals surface area contributed by atoms with Crippen molar-refractivity contribution >= 4 is 10.8 Å². The number of ether oxygens (including phenoxy) is 1. The van der Waals surface area contributed by atoms with Crippen molar-refractivity contribution < 1.29 is 9.15 Å². The lowest BCUT2D eigenvalue weighted by molar-refractivity contribution is 0.415. The molecule has 1 aromatic heterocycles. The van der Waals surface area contributed by atoms with Gasteiger partial charge in [0.1, 0.15) is 17.3 Å². The van der Waals surface area contributed by atoms with Crippen molar-refractivity contribution in [2.45, 2.75) is 13.0 Å². The first-order chi connectivity index (χ1) is 10.2. The van der Waals surface area contributed by atoms with E-state index in [4.69, 9.17) is 9.15 Å². The van der Waals surface area contributed by atoms with Gasteiger partial charge >= 0.3 is 0 Å². The molecule has 0 aliphatic carbocycles. The van der Waals surface area contributed by atoms with Gasteiger partial charge in [-0.1, -0.05) is 18.2 Å². The Labute approximate surface area is 124 Å². The molecule has 0 aliphatic heterocycles. The molecule has 0 spiro atoms. The van der Waals surface area contributed by atoms with Crippen molar-refractivity contribution in [1.29, 1.82) is 0 Å². The van der Waals surface area contributed by atoms with E-state index >= 15 is 0 Å². The maximum Gasteiger partial charge on any atom is 0.125 e. The molecule has 0 amide bonds. The topological polar surface area (TPSA) is 34.4 Å². The van der Waals surface area contributed by atoms with Crippen molar-refractivity contribution in [2.75, 3.05) is 14.2 Å². The van der Waals surface area contributed by atoms with Gasteiger partial charge in [-0.2, -0.15) is 0 Å². The van der Waals surface area contributed by atoms with E-state index in [9.17, 15) is 0 Å². The van der Waals surface area contributed by atoms with E-state index in [2.05, 4.69) is 29.6 Å². The first-order valence-electron chi connectivity index (χ1n) is 7.02. The third-order valence-corrected chi connectivity index (χ3v) is 3.74. The molecule has 3 aromatic rings. The Bertz CT molecular complexity index is 761. The van der Waals surface area contributed by atoms with Gasteiger partial charge in [-0.3, -0.25) is 0 Å². The van der Waals surface area contributed by atoms with Gasteiger partial charge in [0.05, 0.1) is 13.2 Å². The number of benzene rings is 2. The second-order valence-electron chi connectivity index (χ2n) is 5.14. The Morgan fingerprint density at radius 2 is 1.76 bits per heavy atom. The van der Waals surface area contributed by atoms with E-state index in [1.807, 2.05) is 38.2 Å². The van der Waals surface area contributed by atoms with Crippen LogP contribution in [-0.4, -0.2) is 14.2 Å². The van der Waals surface area contributed by atoms with Crippen molar-refractivity contribution in [2.24, 2.45) is 0 Å². The third kappa shape index (κ3) is 2.65. The Morgan fingerprint density at radius 3 is 2.43 bits per heavy atom. The number of rotatable bonds is 4. The molecule has 1 heterocycles. The minimum atomic E-state index is 0.0604. The van der Waals surface area contributed by atoms with Gasteiger partial charge in [-0.05, 0) is 60.6 Å². The molecule has 0 saturated heterocycles. The minimum Gasteiger partial charge on any atom is -0.497 e. The van der Waals surface area contributed by atoms with Crippen LogP contribution in [0.5, 0.6) is 5.75 Å². The number of methoxy groups -OCH3 is 1. The molecular weight excluding hydrogens is 262 g/mol. The largest absolute Gasteiger partial charge is 0.497 e. The van der Waals surface area contributed by atoms with E-state index < -0.39 is 0 Å². The van der Waals surface area contributed by atoms with Gasteiger partial charge in [-0.25, -0.2) is 0 Å². The van der Waals surface area contributed by atoms with Crippen molar-refractivity contribution in [3.05, 3.63) is 65.6 Å². The minimum absolute atomic E-state index is 0.0604. The van der Waals surface area contributed by atoms with Crippen molar-refractivity contribution in [1.82, 2.24) is 5.32 Å². The smallest absolute Gasteiger partial charge is 0.125 e. The van der Waals surface area contributed by atoms with Crippen LogP contribution in [-0.2, 0) is 0 Å². The summed E-state index contributed by atoms with van der Waals surface area (Å²) in [6.07, 6.45) is 0. The van der Waals surface area contributed by atoms with E-state index in [1.54, 1.807) is 7.11 Å². The Morgan fingerprint density at radius 1 is 1.00 bits per heavy atom. The molecule has 3 heteroatoms. The highest BCUT2D eigenvalue weighted by Gasteiger charge is 2.15. The maximum atomic E-state index is 5.76. The fourth-order valence-electron chi connectivity index (χ4n) is 2.63. The highest BCUT2D eigenvalue weighted by molar-refractivity contribution is 5.84. The summed E-state index contributed by atoms with van der Waals surface area (Å²) >= 11 is 0. The monoisotopic (exact) mass is 281 g/mol.